The van der Waals surface area contributed by atoms with E-state index in [9.17, 15) is 4.79 Å². The van der Waals surface area contributed by atoms with Gasteiger partial charge in [-0.25, -0.2) is 9.78 Å². The van der Waals surface area contributed by atoms with Crippen LogP contribution in [0.4, 0.5) is 22.2 Å². The van der Waals surface area contributed by atoms with Crippen molar-refractivity contribution in [3.63, 3.8) is 0 Å². The predicted molar refractivity (Wildman–Crippen MR) is 131 cm³/mol. The summed E-state index contributed by atoms with van der Waals surface area (Å²) in [7, 11) is 0. The number of piperazine rings is 2. The lowest BCUT2D eigenvalue weighted by molar-refractivity contribution is 0.105. The minimum absolute atomic E-state index is 0.242. The first-order chi connectivity index (χ1) is 16.2. The van der Waals surface area contributed by atoms with Gasteiger partial charge in [-0.05, 0) is 31.2 Å². The summed E-state index contributed by atoms with van der Waals surface area (Å²) in [4.78, 5) is 30.7. The number of nitrogens with zero attached hydrogens (tertiary/aromatic N) is 6. The predicted octanol–water partition coefficient (Wildman–Crippen LogP) is 3.23. The van der Waals surface area contributed by atoms with E-state index in [1.807, 2.05) is 19.1 Å². The number of carbonyl (C=O) groups is 1. The summed E-state index contributed by atoms with van der Waals surface area (Å²) in [6, 6.07) is 18.8. The molecule has 172 valence electrons. The van der Waals surface area contributed by atoms with Crippen molar-refractivity contribution in [2.75, 3.05) is 73.7 Å². The van der Waals surface area contributed by atoms with E-state index < -0.39 is 0 Å². The SMILES string of the molecule is CCOC(=O)N1CCN(c2nc(N3CCN(c4ccccc4)CC3)c3ccccc3n2)CC1. The Morgan fingerprint density at radius 1 is 0.788 bits per heavy atom. The molecule has 3 aromatic rings. The fourth-order valence-corrected chi connectivity index (χ4v) is 4.55. The number of carbonyl (C=O) groups excluding carboxylic acids is 1. The van der Waals surface area contributed by atoms with E-state index in [-0.39, 0.29) is 6.09 Å². The summed E-state index contributed by atoms with van der Waals surface area (Å²) >= 11 is 0. The van der Waals surface area contributed by atoms with Crippen LogP contribution in [0.3, 0.4) is 0 Å². The highest BCUT2D eigenvalue weighted by Gasteiger charge is 2.26. The van der Waals surface area contributed by atoms with Gasteiger partial charge in [-0.1, -0.05) is 30.3 Å². The second-order valence-electron chi connectivity index (χ2n) is 8.35. The summed E-state index contributed by atoms with van der Waals surface area (Å²) in [6.07, 6.45) is -0.242. The summed E-state index contributed by atoms with van der Waals surface area (Å²) < 4.78 is 5.15. The number of hydrogen-bond acceptors (Lipinski definition) is 7. The minimum atomic E-state index is -0.242. The standard InChI is InChI=1S/C25H30N6O2/c1-2-33-25(32)31-18-16-30(17-19-31)24-26-22-11-7-6-10-21(22)23(27-24)29-14-12-28(13-15-29)20-8-4-3-5-9-20/h3-11H,2,12-19H2,1H3. The number of hydrogen-bond donors (Lipinski definition) is 0. The van der Waals surface area contributed by atoms with Crippen molar-refractivity contribution >= 4 is 34.4 Å². The lowest BCUT2D eigenvalue weighted by atomic mass is 10.2. The Morgan fingerprint density at radius 3 is 2.15 bits per heavy atom. The third-order valence-corrected chi connectivity index (χ3v) is 6.36. The molecule has 3 heterocycles. The lowest BCUT2D eigenvalue weighted by Crippen LogP contribution is -2.50. The van der Waals surface area contributed by atoms with Crippen LogP contribution in [0.1, 0.15) is 6.92 Å². The van der Waals surface area contributed by atoms with Crippen molar-refractivity contribution in [1.82, 2.24) is 14.9 Å². The maximum absolute atomic E-state index is 12.0. The molecule has 2 aliphatic rings. The molecule has 33 heavy (non-hydrogen) atoms. The normalized spacial score (nSPS) is 16.9. The average molecular weight is 447 g/mol. The minimum Gasteiger partial charge on any atom is -0.450 e. The zero-order chi connectivity index (χ0) is 22.6. The number of fused-ring (bicyclic) bond motifs is 1. The van der Waals surface area contributed by atoms with Crippen LogP contribution in [0.15, 0.2) is 54.6 Å². The molecule has 2 aromatic carbocycles. The van der Waals surface area contributed by atoms with Gasteiger partial charge < -0.3 is 24.3 Å². The molecular formula is C25H30N6O2. The molecule has 2 saturated heterocycles. The molecule has 2 aliphatic heterocycles. The van der Waals surface area contributed by atoms with Crippen LogP contribution in [0.2, 0.25) is 0 Å². The van der Waals surface area contributed by atoms with Gasteiger partial charge in [-0.2, -0.15) is 4.98 Å². The Bertz CT molecular complexity index is 1090. The first-order valence-electron chi connectivity index (χ1n) is 11.7. The summed E-state index contributed by atoms with van der Waals surface area (Å²) in [5.41, 5.74) is 2.22. The van der Waals surface area contributed by atoms with Crippen LogP contribution >= 0.6 is 0 Å². The van der Waals surface area contributed by atoms with E-state index >= 15 is 0 Å². The van der Waals surface area contributed by atoms with Crippen LogP contribution in [-0.2, 0) is 4.74 Å². The molecule has 1 amide bonds. The van der Waals surface area contributed by atoms with Gasteiger partial charge in [0.2, 0.25) is 5.95 Å². The first-order valence-corrected chi connectivity index (χ1v) is 11.7. The maximum atomic E-state index is 12.0. The van der Waals surface area contributed by atoms with Crippen LogP contribution in [0.25, 0.3) is 10.9 Å². The lowest BCUT2D eigenvalue weighted by Gasteiger charge is -2.38. The van der Waals surface area contributed by atoms with Crippen molar-refractivity contribution < 1.29 is 9.53 Å². The molecule has 0 spiro atoms. The zero-order valence-electron chi connectivity index (χ0n) is 19.1. The third kappa shape index (κ3) is 4.51. The van der Waals surface area contributed by atoms with Gasteiger partial charge in [0.1, 0.15) is 5.82 Å². The molecule has 0 saturated carbocycles. The quantitative estimate of drug-likeness (QED) is 0.610. The van der Waals surface area contributed by atoms with Crippen molar-refractivity contribution in [3.05, 3.63) is 54.6 Å². The van der Waals surface area contributed by atoms with Gasteiger partial charge in [-0.15, -0.1) is 0 Å². The van der Waals surface area contributed by atoms with E-state index in [1.54, 1.807) is 4.90 Å². The Balaban J connectivity index is 1.35. The van der Waals surface area contributed by atoms with E-state index in [2.05, 4.69) is 57.2 Å². The number of aromatic nitrogens is 2. The van der Waals surface area contributed by atoms with Gasteiger partial charge in [0.15, 0.2) is 0 Å². The van der Waals surface area contributed by atoms with Crippen LogP contribution in [0.5, 0.6) is 0 Å². The molecule has 0 radical (unpaired) electrons. The molecular weight excluding hydrogens is 416 g/mol. The fourth-order valence-electron chi connectivity index (χ4n) is 4.55. The topological polar surface area (TPSA) is 65.0 Å². The molecule has 0 bridgehead atoms. The van der Waals surface area contributed by atoms with Crippen molar-refractivity contribution in [2.24, 2.45) is 0 Å². The second-order valence-corrected chi connectivity index (χ2v) is 8.35. The molecule has 2 fully saturated rings. The van der Waals surface area contributed by atoms with Crippen molar-refractivity contribution in [3.8, 4) is 0 Å². The molecule has 5 rings (SSSR count). The summed E-state index contributed by atoms with van der Waals surface area (Å²) in [6.45, 7) is 8.56. The molecule has 8 nitrogen and oxygen atoms in total. The largest absolute Gasteiger partial charge is 0.450 e. The number of ether oxygens (including phenoxy) is 1. The van der Waals surface area contributed by atoms with Gasteiger partial charge >= 0.3 is 6.09 Å². The fraction of sp³-hybridized carbons (Fsp3) is 0.400. The Morgan fingerprint density at radius 2 is 1.42 bits per heavy atom. The highest BCUT2D eigenvalue weighted by atomic mass is 16.6. The van der Waals surface area contributed by atoms with E-state index in [0.717, 1.165) is 48.8 Å². The molecule has 0 N–H and O–H groups in total. The van der Waals surface area contributed by atoms with E-state index in [4.69, 9.17) is 14.7 Å². The second kappa shape index (κ2) is 9.52. The van der Waals surface area contributed by atoms with Gasteiger partial charge in [0, 0.05) is 63.4 Å². The molecule has 0 atom stereocenters. The van der Waals surface area contributed by atoms with Gasteiger partial charge in [0.05, 0.1) is 12.1 Å². The number of benzene rings is 2. The van der Waals surface area contributed by atoms with Crippen LogP contribution in [0, 0.1) is 0 Å². The first kappa shape index (κ1) is 21.3. The molecule has 8 heteroatoms. The van der Waals surface area contributed by atoms with E-state index in [0.29, 0.717) is 32.8 Å². The Hall–Kier alpha value is -3.55. The zero-order valence-corrected chi connectivity index (χ0v) is 19.1. The number of anilines is 3. The van der Waals surface area contributed by atoms with Crippen LogP contribution < -0.4 is 14.7 Å². The average Bonchev–Trinajstić information content (AvgIpc) is 2.89. The summed E-state index contributed by atoms with van der Waals surface area (Å²) in [5.74, 6) is 1.73. The Kier molecular flexibility index (Phi) is 6.15. The third-order valence-electron chi connectivity index (χ3n) is 6.36. The molecule has 1 aromatic heterocycles. The monoisotopic (exact) mass is 446 g/mol. The van der Waals surface area contributed by atoms with Gasteiger partial charge in [0.25, 0.3) is 0 Å². The number of para-hydroxylation sites is 2. The van der Waals surface area contributed by atoms with E-state index in [1.165, 1.54) is 5.69 Å². The molecule has 0 aliphatic carbocycles. The number of rotatable bonds is 4. The molecule has 0 unspecified atom stereocenters. The van der Waals surface area contributed by atoms with Gasteiger partial charge in [-0.3, -0.25) is 0 Å². The highest BCUT2D eigenvalue weighted by Crippen LogP contribution is 2.28. The number of amides is 1. The van der Waals surface area contributed by atoms with Crippen molar-refractivity contribution in [2.45, 2.75) is 6.92 Å². The van der Waals surface area contributed by atoms with Crippen molar-refractivity contribution in [1.29, 1.82) is 0 Å². The highest BCUT2D eigenvalue weighted by molar-refractivity contribution is 5.90. The maximum Gasteiger partial charge on any atom is 0.409 e. The Labute approximate surface area is 194 Å². The van der Waals surface area contributed by atoms with Crippen LogP contribution in [-0.4, -0.2) is 79.9 Å². The smallest absolute Gasteiger partial charge is 0.409 e. The summed E-state index contributed by atoms with van der Waals surface area (Å²) in [5, 5.41) is 1.08.